The Kier molecular flexibility index (Phi) is 4.27. The van der Waals surface area contributed by atoms with Gasteiger partial charge in [-0.25, -0.2) is 4.39 Å². The first-order valence-corrected chi connectivity index (χ1v) is 6.27. The third-order valence-electron chi connectivity index (χ3n) is 2.82. The Morgan fingerprint density at radius 3 is 2.62 bits per heavy atom. The molecular weight excluding hydrogens is 275 g/mol. The van der Waals surface area contributed by atoms with Crippen molar-refractivity contribution in [2.24, 2.45) is 0 Å². The normalized spacial score (nSPS) is 10.2. The molecule has 6 heteroatoms. The minimum absolute atomic E-state index is 0.0462. The van der Waals surface area contributed by atoms with Gasteiger partial charge in [0, 0.05) is 30.8 Å². The number of carbonyl (C=O) groups excluding carboxylic acids is 1. The summed E-state index contributed by atoms with van der Waals surface area (Å²) in [5.74, 6) is -0.845. The Morgan fingerprint density at radius 1 is 1.19 bits per heavy atom. The van der Waals surface area contributed by atoms with Crippen LogP contribution >= 0.6 is 0 Å². The Labute approximate surface area is 121 Å². The molecule has 0 bridgehead atoms. The number of carbonyl (C=O) groups is 1. The molecule has 0 radical (unpaired) electrons. The van der Waals surface area contributed by atoms with E-state index in [1.807, 2.05) is 0 Å². The molecule has 0 spiro atoms. The highest BCUT2D eigenvalue weighted by Gasteiger charge is 2.07. The largest absolute Gasteiger partial charge is 0.508 e. The predicted molar refractivity (Wildman–Crippen MR) is 77.8 cm³/mol. The molecule has 0 fully saturated rings. The molecule has 110 valence electrons. The monoisotopic (exact) mass is 290 g/mol. The SMILES string of the molecule is CC(=O)Nc1ccc(F)c(NCc2ccc(O)cc2O)c1. The van der Waals surface area contributed by atoms with Gasteiger partial charge in [0.25, 0.3) is 0 Å². The second-order valence-corrected chi connectivity index (χ2v) is 4.54. The van der Waals surface area contributed by atoms with Crippen LogP contribution in [-0.2, 0) is 11.3 Å². The summed E-state index contributed by atoms with van der Waals surface area (Å²) in [6.07, 6.45) is 0. The molecule has 0 aliphatic heterocycles. The van der Waals surface area contributed by atoms with E-state index in [4.69, 9.17) is 0 Å². The summed E-state index contributed by atoms with van der Waals surface area (Å²) < 4.78 is 13.7. The van der Waals surface area contributed by atoms with Gasteiger partial charge in [0.1, 0.15) is 17.3 Å². The molecule has 0 saturated heterocycles. The Balaban J connectivity index is 2.13. The molecular formula is C15H15FN2O3. The quantitative estimate of drug-likeness (QED) is 0.698. The predicted octanol–water partition coefficient (Wildman–Crippen LogP) is 2.81. The maximum Gasteiger partial charge on any atom is 0.221 e. The summed E-state index contributed by atoms with van der Waals surface area (Å²) in [6, 6.07) is 8.34. The molecule has 0 atom stereocenters. The fraction of sp³-hybridized carbons (Fsp3) is 0.133. The summed E-state index contributed by atoms with van der Waals surface area (Å²) in [7, 11) is 0. The van der Waals surface area contributed by atoms with Crippen molar-refractivity contribution >= 4 is 17.3 Å². The first kappa shape index (κ1) is 14.6. The average molecular weight is 290 g/mol. The highest BCUT2D eigenvalue weighted by atomic mass is 19.1. The van der Waals surface area contributed by atoms with Crippen molar-refractivity contribution in [1.29, 1.82) is 0 Å². The standard InChI is InChI=1S/C15H15FN2O3/c1-9(19)18-11-3-5-13(16)14(6-11)17-8-10-2-4-12(20)7-15(10)21/h2-7,17,20-21H,8H2,1H3,(H,18,19). The molecule has 5 nitrogen and oxygen atoms in total. The van der Waals surface area contributed by atoms with Crippen LogP contribution < -0.4 is 10.6 Å². The van der Waals surface area contributed by atoms with E-state index in [1.54, 1.807) is 0 Å². The van der Waals surface area contributed by atoms with Crippen LogP contribution in [0.2, 0.25) is 0 Å². The number of phenols is 2. The van der Waals surface area contributed by atoms with Gasteiger partial charge in [-0.15, -0.1) is 0 Å². The lowest BCUT2D eigenvalue weighted by molar-refractivity contribution is -0.114. The Hall–Kier alpha value is -2.76. The first-order chi connectivity index (χ1) is 9.95. The molecule has 0 unspecified atom stereocenters. The van der Waals surface area contributed by atoms with E-state index in [2.05, 4.69) is 10.6 Å². The van der Waals surface area contributed by atoms with Gasteiger partial charge >= 0.3 is 0 Å². The number of halogens is 1. The van der Waals surface area contributed by atoms with Crippen molar-refractivity contribution < 1.29 is 19.4 Å². The number of rotatable bonds is 4. The van der Waals surface area contributed by atoms with Gasteiger partial charge in [-0.05, 0) is 30.3 Å². The van der Waals surface area contributed by atoms with Crippen LogP contribution in [0, 0.1) is 5.82 Å². The Morgan fingerprint density at radius 2 is 1.95 bits per heavy atom. The van der Waals surface area contributed by atoms with Crippen LogP contribution in [0.1, 0.15) is 12.5 Å². The van der Waals surface area contributed by atoms with Crippen LogP contribution in [0.5, 0.6) is 11.5 Å². The van der Waals surface area contributed by atoms with E-state index in [1.165, 1.54) is 43.3 Å². The van der Waals surface area contributed by atoms with Crippen molar-refractivity contribution in [2.45, 2.75) is 13.5 Å². The van der Waals surface area contributed by atoms with Crippen molar-refractivity contribution in [2.75, 3.05) is 10.6 Å². The van der Waals surface area contributed by atoms with Gasteiger partial charge in [0.15, 0.2) is 0 Å². The van der Waals surface area contributed by atoms with Gasteiger partial charge < -0.3 is 20.8 Å². The lowest BCUT2D eigenvalue weighted by Gasteiger charge is -2.11. The minimum Gasteiger partial charge on any atom is -0.508 e. The zero-order valence-corrected chi connectivity index (χ0v) is 11.4. The van der Waals surface area contributed by atoms with E-state index in [0.717, 1.165) is 0 Å². The van der Waals surface area contributed by atoms with Gasteiger partial charge in [-0.2, -0.15) is 0 Å². The Bertz CT molecular complexity index is 674. The zero-order chi connectivity index (χ0) is 15.4. The van der Waals surface area contributed by atoms with Crippen molar-refractivity contribution in [3.63, 3.8) is 0 Å². The van der Waals surface area contributed by atoms with Gasteiger partial charge in [-0.1, -0.05) is 0 Å². The number of nitrogens with one attached hydrogen (secondary N) is 2. The zero-order valence-electron chi connectivity index (χ0n) is 11.4. The second kappa shape index (κ2) is 6.13. The second-order valence-electron chi connectivity index (χ2n) is 4.54. The molecule has 0 aromatic heterocycles. The van der Waals surface area contributed by atoms with Crippen LogP contribution in [-0.4, -0.2) is 16.1 Å². The fourth-order valence-corrected chi connectivity index (χ4v) is 1.83. The number of hydrogen-bond acceptors (Lipinski definition) is 4. The highest BCUT2D eigenvalue weighted by Crippen LogP contribution is 2.25. The van der Waals surface area contributed by atoms with Gasteiger partial charge in [0.05, 0.1) is 5.69 Å². The summed E-state index contributed by atoms with van der Waals surface area (Å²) in [5, 5.41) is 24.3. The third kappa shape index (κ3) is 3.85. The third-order valence-corrected chi connectivity index (χ3v) is 2.82. The molecule has 0 heterocycles. The molecule has 0 aliphatic rings. The van der Waals surface area contributed by atoms with E-state index in [0.29, 0.717) is 11.3 Å². The lowest BCUT2D eigenvalue weighted by Crippen LogP contribution is -2.07. The average Bonchev–Trinajstić information content (AvgIpc) is 2.40. The van der Waals surface area contributed by atoms with Gasteiger partial charge in [-0.3, -0.25) is 4.79 Å². The first-order valence-electron chi connectivity index (χ1n) is 6.27. The summed E-state index contributed by atoms with van der Waals surface area (Å²) in [4.78, 5) is 11.0. The van der Waals surface area contributed by atoms with E-state index < -0.39 is 5.82 Å². The molecule has 2 aromatic rings. The number of hydrogen-bond donors (Lipinski definition) is 4. The number of anilines is 2. The number of benzene rings is 2. The molecule has 2 rings (SSSR count). The summed E-state index contributed by atoms with van der Waals surface area (Å²) >= 11 is 0. The van der Waals surface area contributed by atoms with Crippen LogP contribution in [0.3, 0.4) is 0 Å². The lowest BCUT2D eigenvalue weighted by atomic mass is 10.2. The van der Waals surface area contributed by atoms with Gasteiger partial charge in [0.2, 0.25) is 5.91 Å². The molecule has 1 amide bonds. The maximum absolute atomic E-state index is 13.7. The molecule has 21 heavy (non-hydrogen) atoms. The van der Waals surface area contributed by atoms with Crippen LogP contribution in [0.4, 0.5) is 15.8 Å². The molecule has 0 aliphatic carbocycles. The highest BCUT2D eigenvalue weighted by molar-refractivity contribution is 5.89. The summed E-state index contributed by atoms with van der Waals surface area (Å²) in [5.41, 5.74) is 1.19. The number of aromatic hydroxyl groups is 2. The van der Waals surface area contributed by atoms with E-state index >= 15 is 0 Å². The topological polar surface area (TPSA) is 81.6 Å². The van der Waals surface area contributed by atoms with Crippen molar-refractivity contribution in [3.05, 3.63) is 47.8 Å². The fourth-order valence-electron chi connectivity index (χ4n) is 1.83. The molecule has 2 aromatic carbocycles. The van der Waals surface area contributed by atoms with Crippen LogP contribution in [0.25, 0.3) is 0 Å². The van der Waals surface area contributed by atoms with Crippen LogP contribution in [0.15, 0.2) is 36.4 Å². The van der Waals surface area contributed by atoms with E-state index in [9.17, 15) is 19.4 Å². The number of amides is 1. The number of phenolic OH excluding ortho intramolecular Hbond substituents is 2. The van der Waals surface area contributed by atoms with Crippen molar-refractivity contribution in [3.8, 4) is 11.5 Å². The summed E-state index contributed by atoms with van der Waals surface area (Å²) in [6.45, 7) is 1.54. The minimum atomic E-state index is -0.470. The molecule has 0 saturated carbocycles. The maximum atomic E-state index is 13.7. The van der Waals surface area contributed by atoms with Crippen molar-refractivity contribution in [1.82, 2.24) is 0 Å². The smallest absolute Gasteiger partial charge is 0.221 e. The van der Waals surface area contributed by atoms with E-state index in [-0.39, 0.29) is 29.6 Å². The molecule has 4 N–H and O–H groups in total.